The van der Waals surface area contributed by atoms with Gasteiger partial charge in [-0.25, -0.2) is 0 Å². The minimum Gasteiger partial charge on any atom is -0.458 e. The third-order valence-corrected chi connectivity index (χ3v) is 5.03. The molecule has 116 valence electrons. The lowest BCUT2D eigenvalue weighted by atomic mass is 9.67. The third-order valence-electron chi connectivity index (χ3n) is 5.03. The first kappa shape index (κ1) is 17.3. The van der Waals surface area contributed by atoms with Crippen LogP contribution in [0.5, 0.6) is 0 Å². The van der Waals surface area contributed by atoms with Crippen LogP contribution in [0.1, 0.15) is 80.6 Å². The fourth-order valence-corrected chi connectivity index (χ4v) is 3.01. The van der Waals surface area contributed by atoms with Crippen LogP contribution < -0.4 is 0 Å². The summed E-state index contributed by atoms with van der Waals surface area (Å²) in [5, 5.41) is 0. The standard InChI is InChI=1S/C18H32O2/c1-8-18(11-9-10-12-18)20-15(19)17(7,13-14(2)3)16(4,5)6/h13H,8-12H2,1-7H3. The van der Waals surface area contributed by atoms with E-state index in [9.17, 15) is 4.79 Å². The molecule has 0 amide bonds. The van der Waals surface area contributed by atoms with Crippen molar-refractivity contribution in [3.63, 3.8) is 0 Å². The van der Waals surface area contributed by atoms with E-state index in [2.05, 4.69) is 33.8 Å². The summed E-state index contributed by atoms with van der Waals surface area (Å²) in [5.74, 6) is -0.0602. The maximum atomic E-state index is 12.9. The summed E-state index contributed by atoms with van der Waals surface area (Å²) in [6.07, 6.45) is 7.39. The van der Waals surface area contributed by atoms with Gasteiger partial charge in [-0.15, -0.1) is 0 Å². The molecule has 0 aromatic heterocycles. The van der Waals surface area contributed by atoms with E-state index in [4.69, 9.17) is 4.74 Å². The molecule has 0 bridgehead atoms. The predicted molar refractivity (Wildman–Crippen MR) is 84.6 cm³/mol. The highest BCUT2D eigenvalue weighted by Crippen LogP contribution is 2.45. The van der Waals surface area contributed by atoms with Crippen LogP contribution in [-0.2, 0) is 9.53 Å². The Kier molecular flexibility index (Phi) is 5.10. The molecule has 1 rings (SSSR count). The van der Waals surface area contributed by atoms with Gasteiger partial charge in [0.2, 0.25) is 0 Å². The van der Waals surface area contributed by atoms with Gasteiger partial charge in [-0.1, -0.05) is 39.3 Å². The van der Waals surface area contributed by atoms with E-state index >= 15 is 0 Å². The quantitative estimate of drug-likeness (QED) is 0.518. The molecule has 0 aromatic carbocycles. The molecular weight excluding hydrogens is 248 g/mol. The first-order valence-electron chi connectivity index (χ1n) is 7.96. The van der Waals surface area contributed by atoms with Crippen LogP contribution in [0.25, 0.3) is 0 Å². The summed E-state index contributed by atoms with van der Waals surface area (Å²) in [7, 11) is 0. The zero-order valence-corrected chi connectivity index (χ0v) is 14.4. The molecule has 1 atom stereocenters. The van der Waals surface area contributed by atoms with Crippen molar-refractivity contribution >= 4 is 5.97 Å². The van der Waals surface area contributed by atoms with Gasteiger partial charge in [-0.2, -0.15) is 0 Å². The largest absolute Gasteiger partial charge is 0.458 e. The molecule has 2 nitrogen and oxygen atoms in total. The van der Waals surface area contributed by atoms with Gasteiger partial charge in [0.1, 0.15) is 5.60 Å². The zero-order chi connectivity index (χ0) is 15.6. The van der Waals surface area contributed by atoms with Gasteiger partial charge in [-0.3, -0.25) is 4.79 Å². The fraction of sp³-hybridized carbons (Fsp3) is 0.833. The molecule has 1 saturated carbocycles. The van der Waals surface area contributed by atoms with E-state index in [1.54, 1.807) is 0 Å². The Morgan fingerprint density at radius 1 is 1.15 bits per heavy atom. The van der Waals surface area contributed by atoms with Crippen molar-refractivity contribution < 1.29 is 9.53 Å². The van der Waals surface area contributed by atoms with Crippen molar-refractivity contribution in [2.75, 3.05) is 0 Å². The van der Waals surface area contributed by atoms with E-state index in [0.29, 0.717) is 0 Å². The summed E-state index contributed by atoms with van der Waals surface area (Å²) in [6, 6.07) is 0. The second-order valence-electron chi connectivity index (χ2n) is 7.81. The van der Waals surface area contributed by atoms with Crippen molar-refractivity contribution in [3.8, 4) is 0 Å². The van der Waals surface area contributed by atoms with Crippen LogP contribution in [0.15, 0.2) is 11.6 Å². The van der Waals surface area contributed by atoms with Gasteiger partial charge in [0.05, 0.1) is 5.41 Å². The maximum Gasteiger partial charge on any atom is 0.316 e. The Bertz CT molecular complexity index is 377. The van der Waals surface area contributed by atoms with Gasteiger partial charge in [0.25, 0.3) is 0 Å². The molecule has 0 aromatic rings. The van der Waals surface area contributed by atoms with Crippen molar-refractivity contribution in [3.05, 3.63) is 11.6 Å². The number of hydrogen-bond acceptors (Lipinski definition) is 2. The molecule has 2 heteroatoms. The zero-order valence-electron chi connectivity index (χ0n) is 14.4. The third kappa shape index (κ3) is 3.45. The fourth-order valence-electron chi connectivity index (χ4n) is 3.01. The summed E-state index contributed by atoms with van der Waals surface area (Å²) in [6.45, 7) is 14.6. The highest BCUT2D eigenvalue weighted by molar-refractivity contribution is 5.80. The van der Waals surface area contributed by atoms with E-state index < -0.39 is 5.41 Å². The monoisotopic (exact) mass is 280 g/mol. The first-order chi connectivity index (χ1) is 9.06. The lowest BCUT2D eigenvalue weighted by Crippen LogP contribution is -2.44. The van der Waals surface area contributed by atoms with Crippen LogP contribution in [0.4, 0.5) is 0 Å². The van der Waals surface area contributed by atoms with Gasteiger partial charge in [0, 0.05) is 0 Å². The van der Waals surface area contributed by atoms with Gasteiger partial charge >= 0.3 is 5.97 Å². The van der Waals surface area contributed by atoms with E-state index in [-0.39, 0.29) is 17.0 Å². The van der Waals surface area contributed by atoms with Crippen LogP contribution >= 0.6 is 0 Å². The van der Waals surface area contributed by atoms with E-state index in [0.717, 1.165) is 24.8 Å². The normalized spacial score (nSPS) is 21.1. The Labute approximate surface area is 125 Å². The molecule has 0 N–H and O–H groups in total. The summed E-state index contributed by atoms with van der Waals surface area (Å²) < 4.78 is 6.06. The second kappa shape index (κ2) is 5.91. The smallest absolute Gasteiger partial charge is 0.316 e. The van der Waals surface area contributed by atoms with Crippen LogP contribution in [0.3, 0.4) is 0 Å². The summed E-state index contributed by atoms with van der Waals surface area (Å²) in [5.41, 5.74) is 0.223. The molecule has 0 aliphatic heterocycles. The lowest BCUT2D eigenvalue weighted by Gasteiger charge is -2.41. The Balaban J connectivity index is 3.04. The number of allylic oxidation sites excluding steroid dienone is 1. The van der Waals surface area contributed by atoms with Gasteiger partial charge in [-0.05, 0) is 58.3 Å². The van der Waals surface area contributed by atoms with Crippen molar-refractivity contribution in [1.29, 1.82) is 0 Å². The minimum absolute atomic E-state index is 0.0602. The Morgan fingerprint density at radius 2 is 1.65 bits per heavy atom. The number of carbonyl (C=O) groups excluding carboxylic acids is 1. The predicted octanol–water partition coefficient (Wildman–Crippen LogP) is 5.27. The number of ether oxygens (including phenoxy) is 1. The average molecular weight is 280 g/mol. The van der Waals surface area contributed by atoms with Crippen LogP contribution in [0, 0.1) is 10.8 Å². The molecule has 20 heavy (non-hydrogen) atoms. The Morgan fingerprint density at radius 3 is 2.00 bits per heavy atom. The van der Waals surface area contributed by atoms with Crippen molar-refractivity contribution in [1.82, 2.24) is 0 Å². The topological polar surface area (TPSA) is 26.3 Å². The van der Waals surface area contributed by atoms with E-state index in [1.165, 1.54) is 12.8 Å². The summed E-state index contributed by atoms with van der Waals surface area (Å²) in [4.78, 5) is 12.9. The molecule has 1 fully saturated rings. The molecular formula is C18H32O2. The van der Waals surface area contributed by atoms with Gasteiger partial charge in [0.15, 0.2) is 0 Å². The van der Waals surface area contributed by atoms with Gasteiger partial charge < -0.3 is 4.74 Å². The highest BCUT2D eigenvalue weighted by atomic mass is 16.6. The molecule has 1 aliphatic carbocycles. The van der Waals surface area contributed by atoms with Crippen LogP contribution in [0.2, 0.25) is 0 Å². The second-order valence-corrected chi connectivity index (χ2v) is 7.81. The maximum absolute atomic E-state index is 12.9. The molecule has 1 unspecified atom stereocenters. The number of rotatable bonds is 4. The Hall–Kier alpha value is -0.790. The molecule has 1 aliphatic rings. The minimum atomic E-state index is -0.573. The molecule has 0 heterocycles. The van der Waals surface area contributed by atoms with Crippen LogP contribution in [-0.4, -0.2) is 11.6 Å². The number of hydrogen-bond donors (Lipinski definition) is 0. The molecule has 0 radical (unpaired) electrons. The van der Waals surface area contributed by atoms with Crippen molar-refractivity contribution in [2.45, 2.75) is 86.2 Å². The summed E-state index contributed by atoms with van der Waals surface area (Å²) >= 11 is 0. The SMILES string of the molecule is CCC1(OC(=O)C(C)(C=C(C)C)C(C)(C)C)CCCC1. The number of carbonyl (C=O) groups is 1. The highest BCUT2D eigenvalue weighted by Gasteiger charge is 2.47. The lowest BCUT2D eigenvalue weighted by molar-refractivity contribution is -0.174. The average Bonchev–Trinajstić information content (AvgIpc) is 2.75. The number of esters is 1. The first-order valence-corrected chi connectivity index (χ1v) is 7.96. The van der Waals surface area contributed by atoms with E-state index in [1.807, 2.05) is 20.8 Å². The molecule has 0 saturated heterocycles. The molecule has 0 spiro atoms. The van der Waals surface area contributed by atoms with Crippen molar-refractivity contribution in [2.24, 2.45) is 10.8 Å².